The van der Waals surface area contributed by atoms with E-state index in [2.05, 4.69) is 0 Å². The monoisotopic (exact) mass is 175 g/mol. The first kappa shape index (κ1) is 6.95. The highest BCUT2D eigenvalue weighted by Crippen LogP contribution is 2.57. The van der Waals surface area contributed by atoms with E-state index in [0.29, 0.717) is 0 Å². The molecule has 1 heterocycles. The van der Waals surface area contributed by atoms with Crippen molar-refractivity contribution in [2.45, 2.75) is 12.0 Å². The molecule has 0 radical (unpaired) electrons. The van der Waals surface area contributed by atoms with Gasteiger partial charge >= 0.3 is 0 Å². The molecular formula is C10H9NO2. The molecule has 1 amide bonds. The Kier molecular flexibility index (Phi) is 1.09. The van der Waals surface area contributed by atoms with E-state index in [1.54, 1.807) is 0 Å². The summed E-state index contributed by atoms with van der Waals surface area (Å²) in [6.45, 7) is 0. The van der Waals surface area contributed by atoms with Crippen molar-refractivity contribution in [1.82, 2.24) is 0 Å². The Morgan fingerprint density at radius 1 is 1.38 bits per heavy atom. The lowest BCUT2D eigenvalue weighted by Crippen LogP contribution is -2.18. The zero-order chi connectivity index (χ0) is 9.00. The SMILES string of the molecule is NC(=O)C1C2Oc3ccccc3C21. The predicted octanol–water partition coefficient (Wildman–Crippen LogP) is 0.646. The first-order chi connectivity index (χ1) is 6.29. The van der Waals surface area contributed by atoms with Crippen molar-refractivity contribution in [1.29, 1.82) is 0 Å². The van der Waals surface area contributed by atoms with E-state index < -0.39 is 0 Å². The van der Waals surface area contributed by atoms with Crippen molar-refractivity contribution in [2.75, 3.05) is 0 Å². The number of carbonyl (C=O) groups excluding carboxylic acids is 1. The normalized spacial score (nSPS) is 33.1. The van der Waals surface area contributed by atoms with E-state index >= 15 is 0 Å². The van der Waals surface area contributed by atoms with Crippen LogP contribution in [0.5, 0.6) is 5.75 Å². The van der Waals surface area contributed by atoms with Crippen molar-refractivity contribution < 1.29 is 9.53 Å². The highest BCUT2D eigenvalue weighted by atomic mass is 16.5. The van der Waals surface area contributed by atoms with Crippen LogP contribution in [0.25, 0.3) is 0 Å². The average molecular weight is 175 g/mol. The second kappa shape index (κ2) is 2.05. The molecule has 1 aromatic rings. The summed E-state index contributed by atoms with van der Waals surface area (Å²) in [4.78, 5) is 10.9. The van der Waals surface area contributed by atoms with Crippen LogP contribution in [-0.2, 0) is 4.79 Å². The molecule has 3 rings (SSSR count). The second-order valence-electron chi connectivity index (χ2n) is 3.57. The van der Waals surface area contributed by atoms with Crippen LogP contribution in [-0.4, -0.2) is 12.0 Å². The van der Waals surface area contributed by atoms with Crippen LogP contribution in [0.1, 0.15) is 11.5 Å². The van der Waals surface area contributed by atoms with Gasteiger partial charge in [0.05, 0.1) is 5.92 Å². The Morgan fingerprint density at radius 3 is 2.92 bits per heavy atom. The fraction of sp³-hybridized carbons (Fsp3) is 0.300. The molecule has 0 bridgehead atoms. The van der Waals surface area contributed by atoms with E-state index in [1.165, 1.54) is 0 Å². The van der Waals surface area contributed by atoms with Gasteiger partial charge in [0.25, 0.3) is 0 Å². The van der Waals surface area contributed by atoms with E-state index in [4.69, 9.17) is 10.5 Å². The summed E-state index contributed by atoms with van der Waals surface area (Å²) in [5.41, 5.74) is 6.36. The van der Waals surface area contributed by atoms with Gasteiger partial charge in [-0.1, -0.05) is 18.2 Å². The Labute approximate surface area is 75.5 Å². The number of hydrogen-bond acceptors (Lipinski definition) is 2. The van der Waals surface area contributed by atoms with Gasteiger partial charge in [0.1, 0.15) is 11.9 Å². The number of rotatable bonds is 1. The van der Waals surface area contributed by atoms with E-state index in [1.807, 2.05) is 24.3 Å². The van der Waals surface area contributed by atoms with Gasteiger partial charge in [-0.3, -0.25) is 4.79 Å². The minimum Gasteiger partial charge on any atom is -0.489 e. The highest BCUT2D eigenvalue weighted by Gasteiger charge is 2.61. The van der Waals surface area contributed by atoms with Crippen molar-refractivity contribution in [3.05, 3.63) is 29.8 Å². The maximum Gasteiger partial charge on any atom is 0.225 e. The number of hydrogen-bond donors (Lipinski definition) is 1. The standard InChI is InChI=1S/C10H9NO2/c11-10(12)8-7-5-3-1-2-4-6(5)13-9(7)8/h1-4,7-9H,(H2,11,12). The van der Waals surface area contributed by atoms with Crippen LogP contribution in [0.3, 0.4) is 0 Å². The fourth-order valence-corrected chi connectivity index (χ4v) is 2.15. The third-order valence-electron chi connectivity index (χ3n) is 2.82. The molecule has 3 nitrogen and oxygen atoms in total. The molecule has 1 aromatic carbocycles. The minimum atomic E-state index is -0.246. The molecule has 1 aliphatic carbocycles. The van der Waals surface area contributed by atoms with Crippen LogP contribution in [0, 0.1) is 5.92 Å². The fourth-order valence-electron chi connectivity index (χ4n) is 2.15. The number of benzene rings is 1. The molecule has 2 aliphatic rings. The van der Waals surface area contributed by atoms with Crippen LogP contribution in [0.15, 0.2) is 24.3 Å². The zero-order valence-corrected chi connectivity index (χ0v) is 6.94. The predicted molar refractivity (Wildman–Crippen MR) is 46.3 cm³/mol. The Hall–Kier alpha value is -1.51. The van der Waals surface area contributed by atoms with Crippen LogP contribution < -0.4 is 10.5 Å². The smallest absolute Gasteiger partial charge is 0.225 e. The maximum atomic E-state index is 10.9. The molecule has 2 N–H and O–H groups in total. The molecule has 0 aromatic heterocycles. The minimum absolute atomic E-state index is 0.0231. The van der Waals surface area contributed by atoms with Crippen LogP contribution in [0.4, 0.5) is 0 Å². The largest absolute Gasteiger partial charge is 0.489 e. The third-order valence-corrected chi connectivity index (χ3v) is 2.82. The van der Waals surface area contributed by atoms with Gasteiger partial charge < -0.3 is 10.5 Å². The quantitative estimate of drug-likeness (QED) is 0.681. The first-order valence-corrected chi connectivity index (χ1v) is 4.34. The van der Waals surface area contributed by atoms with E-state index in [0.717, 1.165) is 11.3 Å². The van der Waals surface area contributed by atoms with Gasteiger partial charge in [-0.05, 0) is 6.07 Å². The molecule has 3 unspecified atom stereocenters. The first-order valence-electron chi connectivity index (χ1n) is 4.34. The maximum absolute atomic E-state index is 10.9. The summed E-state index contributed by atoms with van der Waals surface area (Å²) in [5, 5.41) is 0. The van der Waals surface area contributed by atoms with Crippen molar-refractivity contribution in [2.24, 2.45) is 11.7 Å². The average Bonchev–Trinajstić information content (AvgIpc) is 2.71. The van der Waals surface area contributed by atoms with Gasteiger partial charge in [0.15, 0.2) is 0 Å². The van der Waals surface area contributed by atoms with E-state index in [-0.39, 0.29) is 23.8 Å². The van der Waals surface area contributed by atoms with Gasteiger partial charge in [-0.25, -0.2) is 0 Å². The van der Waals surface area contributed by atoms with Crippen molar-refractivity contribution in [3.8, 4) is 5.75 Å². The second-order valence-corrected chi connectivity index (χ2v) is 3.57. The number of carbonyl (C=O) groups is 1. The number of primary amides is 1. The summed E-state index contributed by atoms with van der Waals surface area (Å²) in [6.07, 6.45) is 0.0231. The number of ether oxygens (including phenoxy) is 1. The molecule has 66 valence electrons. The van der Waals surface area contributed by atoms with Crippen molar-refractivity contribution >= 4 is 5.91 Å². The summed E-state index contributed by atoms with van der Waals surface area (Å²) in [6, 6.07) is 7.83. The molecular weight excluding hydrogens is 166 g/mol. The number of fused-ring (bicyclic) bond motifs is 3. The summed E-state index contributed by atoms with van der Waals surface area (Å²) in [5.74, 6) is 0.808. The summed E-state index contributed by atoms with van der Waals surface area (Å²) < 4.78 is 5.55. The van der Waals surface area contributed by atoms with Crippen molar-refractivity contribution in [3.63, 3.8) is 0 Å². The molecule has 1 saturated carbocycles. The van der Waals surface area contributed by atoms with Gasteiger partial charge in [-0.15, -0.1) is 0 Å². The Balaban J connectivity index is 1.99. The van der Waals surface area contributed by atoms with Crippen LogP contribution >= 0.6 is 0 Å². The molecule has 3 heteroatoms. The van der Waals surface area contributed by atoms with Crippen LogP contribution in [0.2, 0.25) is 0 Å². The van der Waals surface area contributed by atoms with Gasteiger partial charge in [-0.2, -0.15) is 0 Å². The lowest BCUT2D eigenvalue weighted by Gasteiger charge is -2.04. The Morgan fingerprint density at radius 2 is 2.15 bits per heavy atom. The summed E-state index contributed by atoms with van der Waals surface area (Å²) >= 11 is 0. The molecule has 3 atom stereocenters. The highest BCUT2D eigenvalue weighted by molar-refractivity contribution is 5.84. The molecule has 13 heavy (non-hydrogen) atoms. The van der Waals surface area contributed by atoms with E-state index in [9.17, 15) is 4.79 Å². The molecule has 1 fully saturated rings. The number of para-hydroxylation sites is 1. The molecule has 1 aliphatic heterocycles. The molecule has 0 spiro atoms. The number of nitrogens with two attached hydrogens (primary N) is 1. The lowest BCUT2D eigenvalue weighted by atomic mass is 10.1. The van der Waals surface area contributed by atoms with Gasteiger partial charge in [0, 0.05) is 11.5 Å². The zero-order valence-electron chi connectivity index (χ0n) is 6.94. The van der Waals surface area contributed by atoms with Gasteiger partial charge in [0.2, 0.25) is 5.91 Å². The Bertz CT molecular complexity index is 388. The topological polar surface area (TPSA) is 52.3 Å². The number of amides is 1. The summed E-state index contributed by atoms with van der Waals surface area (Å²) in [7, 11) is 0. The molecule has 0 saturated heterocycles. The third kappa shape index (κ3) is 0.763. The lowest BCUT2D eigenvalue weighted by molar-refractivity contribution is -0.119.